The standard InChI is InChI=1S/C19H29F2NO5/c1-3-27-17(24)12-16(23)14-6-9-22(18(25)26-2)15(11-14)10-13-4-7-19(20,21)8-5-13/h13-15H,3-12H2,1-2H3/t14-,15+/m0/s1. The number of hydrogen-bond donors (Lipinski definition) is 0. The number of nitrogens with zero attached hydrogens (tertiary/aromatic N) is 1. The van der Waals surface area contributed by atoms with Crippen molar-refractivity contribution in [2.24, 2.45) is 11.8 Å². The minimum absolute atomic E-state index is 0.0979. The lowest BCUT2D eigenvalue weighted by Crippen LogP contribution is -2.48. The molecule has 1 saturated heterocycles. The Bertz CT molecular complexity index is 544. The van der Waals surface area contributed by atoms with Gasteiger partial charge in [0.15, 0.2) is 0 Å². The Morgan fingerprint density at radius 2 is 1.81 bits per heavy atom. The molecule has 1 aliphatic carbocycles. The van der Waals surface area contributed by atoms with Gasteiger partial charge in [-0.1, -0.05) is 0 Å². The molecule has 1 heterocycles. The second kappa shape index (κ2) is 9.46. The van der Waals surface area contributed by atoms with Gasteiger partial charge in [0.2, 0.25) is 5.92 Å². The van der Waals surface area contributed by atoms with Crippen LogP contribution >= 0.6 is 0 Å². The average molecular weight is 389 g/mol. The normalized spacial score (nSPS) is 25.7. The van der Waals surface area contributed by atoms with Crippen molar-refractivity contribution in [1.29, 1.82) is 0 Å². The molecule has 2 atom stereocenters. The van der Waals surface area contributed by atoms with E-state index in [4.69, 9.17) is 9.47 Å². The van der Waals surface area contributed by atoms with E-state index in [9.17, 15) is 23.2 Å². The number of ether oxygens (including phenoxy) is 2. The van der Waals surface area contributed by atoms with E-state index in [-0.39, 0.29) is 49.5 Å². The van der Waals surface area contributed by atoms with Gasteiger partial charge in [-0.25, -0.2) is 13.6 Å². The summed E-state index contributed by atoms with van der Waals surface area (Å²) in [4.78, 5) is 37.7. The molecule has 0 spiro atoms. The molecule has 1 aliphatic heterocycles. The Kier molecular flexibility index (Phi) is 7.56. The Balaban J connectivity index is 1.99. The third-order valence-electron chi connectivity index (χ3n) is 5.65. The third kappa shape index (κ3) is 6.14. The minimum Gasteiger partial charge on any atom is -0.466 e. The molecular formula is C19H29F2NO5. The zero-order valence-corrected chi connectivity index (χ0v) is 16.0. The van der Waals surface area contributed by atoms with Crippen molar-refractivity contribution in [2.75, 3.05) is 20.3 Å². The second-order valence-electron chi connectivity index (χ2n) is 7.52. The highest BCUT2D eigenvalue weighted by Gasteiger charge is 2.40. The molecule has 27 heavy (non-hydrogen) atoms. The number of esters is 1. The predicted octanol–water partition coefficient (Wildman–Crippen LogP) is 3.57. The fraction of sp³-hybridized carbons (Fsp3) is 0.842. The number of Topliss-reactive ketones (excluding diaryl/α,β-unsaturated/α-hetero) is 1. The Labute approximate surface area is 158 Å². The average Bonchev–Trinajstić information content (AvgIpc) is 2.63. The van der Waals surface area contributed by atoms with Gasteiger partial charge in [0.1, 0.15) is 12.2 Å². The van der Waals surface area contributed by atoms with Crippen LogP contribution < -0.4 is 0 Å². The zero-order chi connectivity index (χ0) is 20.0. The fourth-order valence-corrected chi connectivity index (χ4v) is 4.14. The van der Waals surface area contributed by atoms with Gasteiger partial charge in [-0.15, -0.1) is 0 Å². The van der Waals surface area contributed by atoms with Crippen LogP contribution in [-0.2, 0) is 19.1 Å². The van der Waals surface area contributed by atoms with Crippen LogP contribution in [0, 0.1) is 11.8 Å². The number of carbonyl (C=O) groups is 3. The number of amides is 1. The van der Waals surface area contributed by atoms with Gasteiger partial charge >= 0.3 is 12.1 Å². The molecule has 1 saturated carbocycles. The van der Waals surface area contributed by atoms with Crippen molar-refractivity contribution < 1.29 is 32.6 Å². The van der Waals surface area contributed by atoms with E-state index in [0.29, 0.717) is 38.6 Å². The first-order valence-electron chi connectivity index (χ1n) is 9.66. The van der Waals surface area contributed by atoms with Gasteiger partial charge in [-0.05, 0) is 44.9 Å². The van der Waals surface area contributed by atoms with Crippen molar-refractivity contribution in [3.05, 3.63) is 0 Å². The number of rotatable bonds is 6. The minimum atomic E-state index is -2.59. The molecule has 0 aromatic rings. The maximum absolute atomic E-state index is 13.4. The van der Waals surface area contributed by atoms with Crippen LogP contribution in [0.1, 0.15) is 58.3 Å². The number of likely N-dealkylation sites (tertiary alicyclic amines) is 1. The maximum atomic E-state index is 13.4. The second-order valence-corrected chi connectivity index (χ2v) is 7.52. The van der Waals surface area contributed by atoms with Crippen LogP contribution in [0.4, 0.5) is 13.6 Å². The number of halogens is 2. The van der Waals surface area contributed by atoms with Gasteiger partial charge in [0.25, 0.3) is 0 Å². The fourth-order valence-electron chi connectivity index (χ4n) is 4.14. The van der Waals surface area contributed by atoms with Gasteiger partial charge in [-0.2, -0.15) is 0 Å². The van der Waals surface area contributed by atoms with Crippen LogP contribution in [0.25, 0.3) is 0 Å². The molecule has 6 nitrogen and oxygen atoms in total. The lowest BCUT2D eigenvalue weighted by atomic mass is 9.78. The Morgan fingerprint density at radius 3 is 2.41 bits per heavy atom. The zero-order valence-electron chi connectivity index (χ0n) is 16.0. The lowest BCUT2D eigenvalue weighted by molar-refractivity contribution is -0.146. The Hall–Kier alpha value is -1.73. The van der Waals surface area contributed by atoms with E-state index in [1.807, 2.05) is 0 Å². The van der Waals surface area contributed by atoms with E-state index in [0.717, 1.165) is 0 Å². The predicted molar refractivity (Wildman–Crippen MR) is 93.4 cm³/mol. The number of methoxy groups -OCH3 is 1. The van der Waals surface area contributed by atoms with E-state index in [1.165, 1.54) is 7.11 Å². The quantitative estimate of drug-likeness (QED) is 0.513. The molecule has 0 unspecified atom stereocenters. The first kappa shape index (κ1) is 21.6. The number of carbonyl (C=O) groups excluding carboxylic acids is 3. The summed E-state index contributed by atoms with van der Waals surface area (Å²) in [5.74, 6) is -3.54. The molecule has 154 valence electrons. The van der Waals surface area contributed by atoms with Crippen molar-refractivity contribution in [3.63, 3.8) is 0 Å². The number of alkyl halides is 2. The molecule has 2 aliphatic rings. The highest BCUT2D eigenvalue weighted by molar-refractivity contribution is 5.96. The van der Waals surface area contributed by atoms with Crippen LogP contribution in [0.5, 0.6) is 0 Å². The van der Waals surface area contributed by atoms with Gasteiger partial charge < -0.3 is 14.4 Å². The van der Waals surface area contributed by atoms with Crippen LogP contribution in [0.3, 0.4) is 0 Å². The molecule has 2 rings (SSSR count). The van der Waals surface area contributed by atoms with Crippen molar-refractivity contribution in [1.82, 2.24) is 4.90 Å². The smallest absolute Gasteiger partial charge is 0.409 e. The summed E-state index contributed by atoms with van der Waals surface area (Å²) in [6, 6.07) is -0.237. The van der Waals surface area contributed by atoms with E-state index < -0.39 is 18.0 Å². The van der Waals surface area contributed by atoms with Crippen LogP contribution in [0.2, 0.25) is 0 Å². The number of piperidine rings is 1. The summed E-state index contributed by atoms with van der Waals surface area (Å²) in [6.45, 7) is 2.27. The molecule has 0 aromatic carbocycles. The molecule has 2 fully saturated rings. The summed E-state index contributed by atoms with van der Waals surface area (Å²) in [6.07, 6.45) is 1.32. The summed E-state index contributed by atoms with van der Waals surface area (Å²) < 4.78 is 36.5. The van der Waals surface area contributed by atoms with E-state index in [1.54, 1.807) is 11.8 Å². The summed E-state index contributed by atoms with van der Waals surface area (Å²) >= 11 is 0. The van der Waals surface area contributed by atoms with Gasteiger partial charge in [-0.3, -0.25) is 9.59 Å². The maximum Gasteiger partial charge on any atom is 0.409 e. The molecule has 0 bridgehead atoms. The van der Waals surface area contributed by atoms with E-state index in [2.05, 4.69) is 0 Å². The first-order chi connectivity index (χ1) is 12.8. The highest BCUT2D eigenvalue weighted by Crippen LogP contribution is 2.40. The molecule has 0 N–H and O–H groups in total. The summed E-state index contributed by atoms with van der Waals surface area (Å²) in [7, 11) is 1.30. The summed E-state index contributed by atoms with van der Waals surface area (Å²) in [5, 5.41) is 0. The van der Waals surface area contributed by atoms with Crippen molar-refractivity contribution >= 4 is 17.8 Å². The van der Waals surface area contributed by atoms with Crippen LogP contribution in [-0.4, -0.2) is 55.0 Å². The van der Waals surface area contributed by atoms with Gasteiger partial charge in [0, 0.05) is 31.3 Å². The molecule has 8 heteroatoms. The molecule has 0 radical (unpaired) electrons. The number of ketones is 1. The van der Waals surface area contributed by atoms with Crippen molar-refractivity contribution in [2.45, 2.75) is 70.3 Å². The molecule has 0 aromatic heterocycles. The van der Waals surface area contributed by atoms with Crippen LogP contribution in [0.15, 0.2) is 0 Å². The SMILES string of the molecule is CCOC(=O)CC(=O)[C@H]1CCN(C(=O)OC)[C@H](CC2CCC(F)(F)CC2)C1. The lowest BCUT2D eigenvalue weighted by Gasteiger charge is -2.40. The Morgan fingerprint density at radius 1 is 1.15 bits per heavy atom. The van der Waals surface area contributed by atoms with E-state index >= 15 is 0 Å². The first-order valence-corrected chi connectivity index (χ1v) is 9.66. The molecular weight excluding hydrogens is 360 g/mol. The summed E-state index contributed by atoms with van der Waals surface area (Å²) in [5.41, 5.74) is 0. The van der Waals surface area contributed by atoms with Crippen molar-refractivity contribution in [3.8, 4) is 0 Å². The highest BCUT2D eigenvalue weighted by atomic mass is 19.3. The monoisotopic (exact) mass is 389 g/mol. The number of hydrogen-bond acceptors (Lipinski definition) is 5. The topological polar surface area (TPSA) is 72.9 Å². The third-order valence-corrected chi connectivity index (χ3v) is 5.65. The van der Waals surface area contributed by atoms with Gasteiger partial charge in [0.05, 0.1) is 13.7 Å². The largest absolute Gasteiger partial charge is 0.466 e. The molecule has 1 amide bonds.